The molecule has 1 aromatic rings. The van der Waals surface area contributed by atoms with Gasteiger partial charge >= 0.3 is 6.18 Å². The lowest BCUT2D eigenvalue weighted by Gasteiger charge is -2.05. The molecular weight excluding hydrogens is 203 g/mol. The van der Waals surface area contributed by atoms with E-state index in [1.54, 1.807) is 6.08 Å². The zero-order chi connectivity index (χ0) is 11.3. The molecule has 0 aliphatic rings. The summed E-state index contributed by atoms with van der Waals surface area (Å²) >= 11 is 0. The second-order valence-corrected chi connectivity index (χ2v) is 2.90. The van der Waals surface area contributed by atoms with E-state index in [9.17, 15) is 13.2 Å². The van der Waals surface area contributed by atoms with Crippen molar-refractivity contribution < 1.29 is 13.2 Å². The highest BCUT2D eigenvalue weighted by Gasteiger charge is 2.29. The topological polar surface area (TPSA) is 12.4 Å². The van der Waals surface area contributed by atoms with Gasteiger partial charge in [0.2, 0.25) is 0 Å². The van der Waals surface area contributed by atoms with Gasteiger partial charge in [-0.1, -0.05) is 18.2 Å². The fourth-order valence-corrected chi connectivity index (χ4v) is 0.991. The Morgan fingerprint density at radius 1 is 1.20 bits per heavy atom. The molecule has 15 heavy (non-hydrogen) atoms. The molecule has 0 saturated carbocycles. The molecule has 1 rings (SSSR count). The number of halogens is 3. The van der Waals surface area contributed by atoms with Crippen molar-refractivity contribution >= 4 is 6.21 Å². The first-order valence-electron chi connectivity index (χ1n) is 4.32. The van der Waals surface area contributed by atoms with Crippen LogP contribution < -0.4 is 0 Å². The van der Waals surface area contributed by atoms with Crippen LogP contribution in [-0.2, 0) is 6.18 Å². The van der Waals surface area contributed by atoms with Gasteiger partial charge in [-0.2, -0.15) is 13.2 Å². The minimum Gasteiger partial charge on any atom is -0.288 e. The Balaban J connectivity index is 2.77. The zero-order valence-electron chi connectivity index (χ0n) is 7.96. The molecule has 0 radical (unpaired) electrons. The first-order chi connectivity index (χ1) is 7.04. The lowest BCUT2D eigenvalue weighted by molar-refractivity contribution is -0.137. The minimum atomic E-state index is -4.28. The van der Waals surface area contributed by atoms with Gasteiger partial charge in [-0.25, -0.2) is 0 Å². The largest absolute Gasteiger partial charge is 0.416 e. The predicted molar refractivity (Wildman–Crippen MR) is 54.1 cm³/mol. The molecule has 0 spiro atoms. The number of nitrogens with zero attached hydrogens (tertiary/aromatic N) is 1. The van der Waals surface area contributed by atoms with Crippen LogP contribution in [0.4, 0.5) is 13.2 Å². The van der Waals surface area contributed by atoms with Gasteiger partial charge in [-0.3, -0.25) is 4.99 Å². The number of rotatable bonds is 3. The highest BCUT2D eigenvalue weighted by atomic mass is 19.4. The standard InChI is InChI=1S/C11H10F3N/c1-2-7-15-8-9-3-5-10(6-4-9)11(12,13)14/h2-6,8H,1,7H2/b15-8+. The van der Waals surface area contributed by atoms with E-state index in [1.807, 2.05) is 0 Å². The van der Waals surface area contributed by atoms with Crippen LogP contribution in [0, 0.1) is 0 Å². The molecule has 0 bridgehead atoms. The van der Waals surface area contributed by atoms with E-state index in [1.165, 1.54) is 18.3 Å². The van der Waals surface area contributed by atoms with Crippen LogP contribution in [-0.4, -0.2) is 12.8 Å². The summed E-state index contributed by atoms with van der Waals surface area (Å²) < 4.78 is 36.5. The molecule has 0 atom stereocenters. The fraction of sp³-hybridized carbons (Fsp3) is 0.182. The van der Waals surface area contributed by atoms with E-state index in [4.69, 9.17) is 0 Å². The molecule has 0 aliphatic heterocycles. The summed E-state index contributed by atoms with van der Waals surface area (Å²) in [5.41, 5.74) is -0.00628. The normalized spacial score (nSPS) is 11.9. The third-order valence-corrected chi connectivity index (χ3v) is 1.71. The van der Waals surface area contributed by atoms with Crippen molar-refractivity contribution in [3.8, 4) is 0 Å². The van der Waals surface area contributed by atoms with Crippen LogP contribution in [0.3, 0.4) is 0 Å². The minimum absolute atomic E-state index is 0.459. The van der Waals surface area contributed by atoms with Gasteiger partial charge in [-0.05, 0) is 17.7 Å². The first kappa shape index (κ1) is 11.5. The van der Waals surface area contributed by atoms with Gasteiger partial charge in [-0.15, -0.1) is 6.58 Å². The molecule has 0 fully saturated rings. The van der Waals surface area contributed by atoms with Crippen LogP contribution >= 0.6 is 0 Å². The Hall–Kier alpha value is -1.58. The van der Waals surface area contributed by atoms with Gasteiger partial charge in [0.25, 0.3) is 0 Å². The Morgan fingerprint density at radius 3 is 2.27 bits per heavy atom. The maximum absolute atomic E-state index is 12.2. The smallest absolute Gasteiger partial charge is 0.288 e. The molecule has 80 valence electrons. The number of hydrogen-bond acceptors (Lipinski definition) is 1. The molecule has 4 heteroatoms. The van der Waals surface area contributed by atoms with Crippen LogP contribution in [0.5, 0.6) is 0 Å². The summed E-state index contributed by atoms with van der Waals surface area (Å²) in [6, 6.07) is 4.84. The highest BCUT2D eigenvalue weighted by molar-refractivity contribution is 5.79. The molecule has 0 N–H and O–H groups in total. The fourth-order valence-electron chi connectivity index (χ4n) is 0.991. The molecule has 1 nitrogen and oxygen atoms in total. The van der Waals surface area contributed by atoms with Crippen LogP contribution in [0.1, 0.15) is 11.1 Å². The quantitative estimate of drug-likeness (QED) is 0.539. The summed E-state index contributed by atoms with van der Waals surface area (Å²) in [6.45, 7) is 3.94. The van der Waals surface area contributed by atoms with Crippen molar-refractivity contribution in [3.63, 3.8) is 0 Å². The molecule has 0 unspecified atom stereocenters. The van der Waals surface area contributed by atoms with E-state index < -0.39 is 11.7 Å². The Bertz CT molecular complexity index is 349. The molecule has 0 aromatic heterocycles. The van der Waals surface area contributed by atoms with E-state index in [0.29, 0.717) is 12.1 Å². The number of benzene rings is 1. The van der Waals surface area contributed by atoms with Gasteiger partial charge in [0.15, 0.2) is 0 Å². The summed E-state index contributed by atoms with van der Waals surface area (Å²) in [5.74, 6) is 0. The van der Waals surface area contributed by atoms with Crippen LogP contribution in [0.15, 0.2) is 41.9 Å². The Morgan fingerprint density at radius 2 is 1.80 bits per heavy atom. The van der Waals surface area contributed by atoms with Crippen molar-refractivity contribution in [2.24, 2.45) is 4.99 Å². The molecule has 0 saturated heterocycles. The maximum Gasteiger partial charge on any atom is 0.416 e. The number of hydrogen-bond donors (Lipinski definition) is 0. The van der Waals surface area contributed by atoms with Crippen molar-refractivity contribution in [2.75, 3.05) is 6.54 Å². The molecule has 0 aliphatic carbocycles. The monoisotopic (exact) mass is 213 g/mol. The van der Waals surface area contributed by atoms with Crippen molar-refractivity contribution in [1.82, 2.24) is 0 Å². The third kappa shape index (κ3) is 3.58. The highest BCUT2D eigenvalue weighted by Crippen LogP contribution is 2.28. The van der Waals surface area contributed by atoms with E-state index in [2.05, 4.69) is 11.6 Å². The molecule has 0 amide bonds. The second-order valence-electron chi connectivity index (χ2n) is 2.90. The van der Waals surface area contributed by atoms with Gasteiger partial charge in [0.05, 0.1) is 12.1 Å². The maximum atomic E-state index is 12.2. The number of aliphatic imine (C=N–C) groups is 1. The van der Waals surface area contributed by atoms with E-state index in [-0.39, 0.29) is 0 Å². The van der Waals surface area contributed by atoms with Crippen LogP contribution in [0.2, 0.25) is 0 Å². The zero-order valence-corrected chi connectivity index (χ0v) is 7.96. The molecule has 0 heterocycles. The Labute approximate surface area is 86.0 Å². The Kier molecular flexibility index (Phi) is 3.66. The predicted octanol–water partition coefficient (Wildman–Crippen LogP) is 3.31. The summed E-state index contributed by atoms with van der Waals surface area (Å²) in [4.78, 5) is 3.93. The summed E-state index contributed by atoms with van der Waals surface area (Å²) in [5, 5.41) is 0. The SMILES string of the molecule is C=CC/N=C/c1ccc(C(F)(F)F)cc1. The summed E-state index contributed by atoms with van der Waals surface area (Å²) in [7, 11) is 0. The van der Waals surface area contributed by atoms with Gasteiger partial charge in [0.1, 0.15) is 0 Å². The van der Waals surface area contributed by atoms with Crippen LogP contribution in [0.25, 0.3) is 0 Å². The van der Waals surface area contributed by atoms with Crippen molar-refractivity contribution in [2.45, 2.75) is 6.18 Å². The van der Waals surface area contributed by atoms with Gasteiger partial charge < -0.3 is 0 Å². The van der Waals surface area contributed by atoms with E-state index >= 15 is 0 Å². The first-order valence-corrected chi connectivity index (χ1v) is 4.32. The second kappa shape index (κ2) is 4.77. The number of alkyl halides is 3. The average molecular weight is 213 g/mol. The summed E-state index contributed by atoms with van der Waals surface area (Å²) in [6.07, 6.45) is -1.15. The lowest BCUT2D eigenvalue weighted by atomic mass is 10.1. The average Bonchev–Trinajstić information content (AvgIpc) is 2.18. The van der Waals surface area contributed by atoms with E-state index in [0.717, 1.165) is 12.1 Å². The molecule has 1 aromatic carbocycles. The van der Waals surface area contributed by atoms with Crippen molar-refractivity contribution in [3.05, 3.63) is 48.0 Å². The molecular formula is C11H10F3N. The van der Waals surface area contributed by atoms with Crippen molar-refractivity contribution in [1.29, 1.82) is 0 Å². The van der Waals surface area contributed by atoms with Gasteiger partial charge in [0, 0.05) is 6.21 Å². The lowest BCUT2D eigenvalue weighted by Crippen LogP contribution is -2.04. The third-order valence-electron chi connectivity index (χ3n) is 1.71.